The Balaban J connectivity index is 1.80. The molecule has 0 aliphatic rings. The maximum atomic E-state index is 12.8. The predicted octanol–water partition coefficient (Wildman–Crippen LogP) is 3.76. The van der Waals surface area contributed by atoms with Crippen LogP contribution in [0, 0.1) is 11.3 Å². The van der Waals surface area contributed by atoms with Crippen LogP contribution in [0.3, 0.4) is 0 Å². The van der Waals surface area contributed by atoms with Gasteiger partial charge in [0.2, 0.25) is 0 Å². The molecule has 0 saturated carbocycles. The number of aromatic nitrogens is 2. The molecule has 0 fully saturated rings. The van der Waals surface area contributed by atoms with Gasteiger partial charge in [0.15, 0.2) is 0 Å². The molecule has 6 heteroatoms. The second-order valence-corrected chi connectivity index (χ2v) is 6.26. The van der Waals surface area contributed by atoms with Crippen LogP contribution < -0.4 is 0 Å². The van der Waals surface area contributed by atoms with Crippen LogP contribution in [0.5, 0.6) is 0 Å². The van der Waals surface area contributed by atoms with Crippen LogP contribution in [-0.4, -0.2) is 27.3 Å². The molecule has 2 aromatic heterocycles. The van der Waals surface area contributed by atoms with Crippen molar-refractivity contribution < 1.29 is 4.79 Å². The van der Waals surface area contributed by atoms with Crippen LogP contribution >= 0.6 is 11.3 Å². The summed E-state index contributed by atoms with van der Waals surface area (Å²) in [5.41, 5.74) is 2.32. The fourth-order valence-electron chi connectivity index (χ4n) is 2.40. The Morgan fingerprint density at radius 1 is 1.20 bits per heavy atom. The maximum absolute atomic E-state index is 12.8. The van der Waals surface area contributed by atoms with E-state index in [1.807, 2.05) is 42.5 Å². The monoisotopic (exact) mass is 348 g/mol. The molecule has 3 aromatic rings. The summed E-state index contributed by atoms with van der Waals surface area (Å²) in [5, 5.41) is 11.5. The predicted molar refractivity (Wildman–Crippen MR) is 96.8 cm³/mol. The molecule has 1 amide bonds. The number of pyridine rings is 1. The molecule has 0 bridgehead atoms. The number of nitrogens with zero attached hydrogens (tertiary/aromatic N) is 4. The molecule has 1 aromatic carbocycles. The van der Waals surface area contributed by atoms with Crippen molar-refractivity contribution in [1.82, 2.24) is 14.9 Å². The minimum atomic E-state index is -0.169. The van der Waals surface area contributed by atoms with Crippen LogP contribution in [0.2, 0.25) is 0 Å². The van der Waals surface area contributed by atoms with Crippen LogP contribution in [0.15, 0.2) is 60.2 Å². The summed E-state index contributed by atoms with van der Waals surface area (Å²) in [6, 6.07) is 15.6. The largest absolute Gasteiger partial charge is 0.332 e. The van der Waals surface area contributed by atoms with Crippen molar-refractivity contribution in [2.75, 3.05) is 6.54 Å². The molecule has 3 rings (SSSR count). The minimum absolute atomic E-state index is 0.169. The van der Waals surface area contributed by atoms with Gasteiger partial charge in [0.05, 0.1) is 12.5 Å². The Bertz CT molecular complexity index is 871. The van der Waals surface area contributed by atoms with E-state index in [4.69, 9.17) is 5.26 Å². The van der Waals surface area contributed by atoms with Gasteiger partial charge >= 0.3 is 0 Å². The lowest BCUT2D eigenvalue weighted by Gasteiger charge is -2.20. The second-order valence-electron chi connectivity index (χ2n) is 5.40. The van der Waals surface area contributed by atoms with Crippen molar-refractivity contribution in [1.29, 1.82) is 5.26 Å². The SMILES string of the molecule is N#CCCN(Cc1cccnc1)C(=O)c1csc(-c2ccccc2)n1. The quantitative estimate of drug-likeness (QED) is 0.680. The first-order valence-corrected chi connectivity index (χ1v) is 8.72. The molecule has 0 saturated heterocycles. The molecule has 124 valence electrons. The van der Waals surface area contributed by atoms with Gasteiger partial charge < -0.3 is 4.90 Å². The highest BCUT2D eigenvalue weighted by Crippen LogP contribution is 2.24. The number of thiazole rings is 1. The molecule has 0 atom stereocenters. The number of rotatable bonds is 6. The second kappa shape index (κ2) is 8.18. The summed E-state index contributed by atoms with van der Waals surface area (Å²) in [6.45, 7) is 0.773. The summed E-state index contributed by atoms with van der Waals surface area (Å²) >= 11 is 1.44. The molecule has 0 unspecified atom stereocenters. The Morgan fingerprint density at radius 2 is 2.04 bits per heavy atom. The summed E-state index contributed by atoms with van der Waals surface area (Å²) < 4.78 is 0. The van der Waals surface area contributed by atoms with Crippen molar-refractivity contribution >= 4 is 17.2 Å². The van der Waals surface area contributed by atoms with Crippen molar-refractivity contribution in [3.05, 3.63) is 71.5 Å². The molecule has 0 spiro atoms. The van der Waals surface area contributed by atoms with Gasteiger partial charge in [-0.15, -0.1) is 11.3 Å². The van der Waals surface area contributed by atoms with Crippen molar-refractivity contribution in [2.45, 2.75) is 13.0 Å². The van der Waals surface area contributed by atoms with E-state index in [9.17, 15) is 4.79 Å². The van der Waals surface area contributed by atoms with E-state index in [1.165, 1.54) is 11.3 Å². The fourth-order valence-corrected chi connectivity index (χ4v) is 3.20. The normalized spacial score (nSPS) is 10.2. The number of nitriles is 1. The van der Waals surface area contributed by atoms with E-state index < -0.39 is 0 Å². The van der Waals surface area contributed by atoms with Gasteiger partial charge in [-0.05, 0) is 11.6 Å². The van der Waals surface area contributed by atoms with Crippen molar-refractivity contribution in [3.8, 4) is 16.6 Å². The van der Waals surface area contributed by atoms with Gasteiger partial charge in [-0.1, -0.05) is 36.4 Å². The fraction of sp³-hybridized carbons (Fsp3) is 0.158. The third-order valence-corrected chi connectivity index (χ3v) is 4.51. The maximum Gasteiger partial charge on any atom is 0.273 e. The lowest BCUT2D eigenvalue weighted by atomic mass is 10.2. The van der Waals surface area contributed by atoms with Gasteiger partial charge in [-0.3, -0.25) is 9.78 Å². The Kier molecular flexibility index (Phi) is 5.50. The van der Waals surface area contributed by atoms with E-state index in [1.54, 1.807) is 22.7 Å². The molecule has 2 heterocycles. The Labute approximate surface area is 150 Å². The number of carbonyl (C=O) groups excluding carboxylic acids is 1. The molecular weight excluding hydrogens is 332 g/mol. The van der Waals surface area contributed by atoms with Crippen LogP contribution in [0.25, 0.3) is 10.6 Å². The highest BCUT2D eigenvalue weighted by atomic mass is 32.1. The van der Waals surface area contributed by atoms with Gasteiger partial charge in [-0.2, -0.15) is 5.26 Å². The highest BCUT2D eigenvalue weighted by molar-refractivity contribution is 7.13. The molecular formula is C19H16N4OS. The standard InChI is InChI=1S/C19H16N4OS/c20-9-5-11-23(13-15-6-4-10-21-12-15)19(24)17-14-25-18(22-17)16-7-2-1-3-8-16/h1-4,6-8,10,12,14H,5,11,13H2. The van der Waals surface area contributed by atoms with E-state index >= 15 is 0 Å². The number of carbonyl (C=O) groups is 1. The molecule has 25 heavy (non-hydrogen) atoms. The third kappa shape index (κ3) is 4.28. The van der Waals surface area contributed by atoms with Crippen molar-refractivity contribution in [3.63, 3.8) is 0 Å². The Hall–Kier alpha value is -3.04. The van der Waals surface area contributed by atoms with Crippen LogP contribution in [0.1, 0.15) is 22.5 Å². The van der Waals surface area contributed by atoms with Gasteiger partial charge in [0.1, 0.15) is 10.7 Å². The smallest absolute Gasteiger partial charge is 0.273 e. The highest BCUT2D eigenvalue weighted by Gasteiger charge is 2.19. The number of amides is 1. The van der Waals surface area contributed by atoms with Crippen molar-refractivity contribution in [2.24, 2.45) is 0 Å². The number of hydrogen-bond acceptors (Lipinski definition) is 5. The zero-order valence-corrected chi connectivity index (χ0v) is 14.3. The summed E-state index contributed by atoms with van der Waals surface area (Å²) in [6.07, 6.45) is 3.70. The van der Waals surface area contributed by atoms with Crippen LogP contribution in [-0.2, 0) is 6.54 Å². The molecule has 5 nitrogen and oxygen atoms in total. The van der Waals surface area contributed by atoms with E-state index in [0.717, 1.165) is 16.1 Å². The third-order valence-electron chi connectivity index (χ3n) is 3.62. The number of benzene rings is 1. The van der Waals surface area contributed by atoms with E-state index in [0.29, 0.717) is 18.8 Å². The minimum Gasteiger partial charge on any atom is -0.332 e. The lowest BCUT2D eigenvalue weighted by molar-refractivity contribution is 0.0741. The zero-order chi connectivity index (χ0) is 17.5. The summed E-state index contributed by atoms with van der Waals surface area (Å²) in [4.78, 5) is 23.0. The van der Waals surface area contributed by atoms with Gasteiger partial charge in [0, 0.05) is 36.4 Å². The van der Waals surface area contributed by atoms with Gasteiger partial charge in [-0.25, -0.2) is 4.98 Å². The molecule has 0 aliphatic heterocycles. The summed E-state index contributed by atoms with van der Waals surface area (Å²) in [5.74, 6) is -0.169. The first-order chi connectivity index (χ1) is 12.3. The lowest BCUT2D eigenvalue weighted by Crippen LogP contribution is -2.31. The first-order valence-electron chi connectivity index (χ1n) is 7.84. The topological polar surface area (TPSA) is 69.9 Å². The summed E-state index contributed by atoms with van der Waals surface area (Å²) in [7, 11) is 0. The molecule has 0 aliphatic carbocycles. The Morgan fingerprint density at radius 3 is 2.76 bits per heavy atom. The first kappa shape index (κ1) is 16.8. The average molecular weight is 348 g/mol. The zero-order valence-electron chi connectivity index (χ0n) is 13.5. The van der Waals surface area contributed by atoms with Crippen LogP contribution in [0.4, 0.5) is 0 Å². The van der Waals surface area contributed by atoms with E-state index in [-0.39, 0.29) is 12.3 Å². The molecule has 0 radical (unpaired) electrons. The average Bonchev–Trinajstić information content (AvgIpc) is 3.16. The van der Waals surface area contributed by atoms with E-state index in [2.05, 4.69) is 16.0 Å². The number of hydrogen-bond donors (Lipinski definition) is 0. The molecule has 0 N–H and O–H groups in total. The van der Waals surface area contributed by atoms with Gasteiger partial charge in [0.25, 0.3) is 5.91 Å².